The van der Waals surface area contributed by atoms with Crippen molar-refractivity contribution in [3.63, 3.8) is 0 Å². The minimum Gasteiger partial charge on any atom is -0.262 e. The van der Waals surface area contributed by atoms with Gasteiger partial charge >= 0.3 is 7.63 Å². The molecule has 0 heterocycles. The van der Waals surface area contributed by atoms with E-state index in [-0.39, 0.29) is 5.60 Å². The van der Waals surface area contributed by atoms with Gasteiger partial charge in [-0.2, -0.15) is 0 Å². The van der Waals surface area contributed by atoms with Gasteiger partial charge in [-0.15, -0.1) is 17.7 Å². The predicted molar refractivity (Wildman–Crippen MR) is 49.6 cm³/mol. The minimum atomic E-state index is -2.27. The molecule has 0 aliphatic heterocycles. The molecular formula is C7H15ClO2Si. The zero-order valence-electron chi connectivity index (χ0n) is 7.48. The molecule has 0 amide bonds. The highest BCUT2D eigenvalue weighted by molar-refractivity contribution is 7.18. The summed E-state index contributed by atoms with van der Waals surface area (Å²) in [5.41, 5.74) is 1.30. The van der Waals surface area contributed by atoms with Crippen molar-refractivity contribution in [2.45, 2.75) is 32.9 Å². The van der Waals surface area contributed by atoms with Crippen molar-refractivity contribution < 1.29 is 9.46 Å². The number of hydrogen-bond donors (Lipinski definition) is 0. The molecule has 66 valence electrons. The maximum absolute atomic E-state index is 5.90. The first-order valence-corrected chi connectivity index (χ1v) is 6.96. The third-order valence-electron chi connectivity index (χ3n) is 0.819. The van der Waals surface area contributed by atoms with Gasteiger partial charge in [0.25, 0.3) is 0 Å². The third-order valence-corrected chi connectivity index (χ3v) is 2.61. The van der Waals surface area contributed by atoms with Gasteiger partial charge in [-0.3, -0.25) is 4.58 Å². The fourth-order valence-electron chi connectivity index (χ4n) is 0.240. The molecular weight excluding hydrogens is 180 g/mol. The molecule has 0 aromatic rings. The second kappa shape index (κ2) is 3.71. The van der Waals surface area contributed by atoms with Gasteiger partial charge < -0.3 is 0 Å². The highest BCUT2D eigenvalue weighted by Crippen LogP contribution is 2.16. The summed E-state index contributed by atoms with van der Waals surface area (Å²) in [6.07, 6.45) is 0. The standard InChI is InChI=1S/C7H15ClO2Si/c1-6-11(5,8)10-9-7(2,3)4/h6H,1H2,2-5H3. The van der Waals surface area contributed by atoms with Crippen molar-refractivity contribution in [2.75, 3.05) is 0 Å². The van der Waals surface area contributed by atoms with Crippen LogP contribution in [0.2, 0.25) is 6.55 Å². The molecule has 0 bridgehead atoms. The normalized spacial score (nSPS) is 17.5. The van der Waals surface area contributed by atoms with Gasteiger partial charge in [-0.25, -0.2) is 4.89 Å². The van der Waals surface area contributed by atoms with E-state index < -0.39 is 7.63 Å². The van der Waals surface area contributed by atoms with Crippen molar-refractivity contribution >= 4 is 18.7 Å². The maximum atomic E-state index is 5.90. The van der Waals surface area contributed by atoms with Crippen LogP contribution in [0.3, 0.4) is 0 Å². The highest BCUT2D eigenvalue weighted by Gasteiger charge is 2.26. The maximum Gasteiger partial charge on any atom is 0.351 e. The average Bonchev–Trinajstić information content (AvgIpc) is 1.83. The first-order chi connectivity index (χ1) is 4.77. The average molecular weight is 195 g/mol. The van der Waals surface area contributed by atoms with E-state index in [4.69, 9.17) is 20.5 Å². The molecule has 0 saturated carbocycles. The Labute approximate surface area is 73.9 Å². The van der Waals surface area contributed by atoms with Gasteiger partial charge in [0.1, 0.15) is 0 Å². The Kier molecular flexibility index (Phi) is 3.77. The molecule has 0 N–H and O–H groups in total. The van der Waals surface area contributed by atoms with Crippen LogP contribution in [-0.4, -0.2) is 13.2 Å². The van der Waals surface area contributed by atoms with Crippen molar-refractivity contribution in [3.05, 3.63) is 12.3 Å². The van der Waals surface area contributed by atoms with E-state index in [0.717, 1.165) is 0 Å². The molecule has 0 spiro atoms. The first-order valence-electron chi connectivity index (χ1n) is 3.46. The van der Waals surface area contributed by atoms with E-state index in [0.29, 0.717) is 0 Å². The second-order valence-corrected chi connectivity index (χ2v) is 8.27. The lowest BCUT2D eigenvalue weighted by Gasteiger charge is -2.22. The van der Waals surface area contributed by atoms with Crippen LogP contribution in [0.15, 0.2) is 12.3 Å². The number of rotatable bonds is 3. The topological polar surface area (TPSA) is 18.5 Å². The quantitative estimate of drug-likeness (QED) is 0.298. The van der Waals surface area contributed by atoms with Crippen LogP contribution in [0.25, 0.3) is 0 Å². The summed E-state index contributed by atoms with van der Waals surface area (Å²) in [7, 11) is -2.27. The van der Waals surface area contributed by atoms with Crippen LogP contribution in [-0.2, 0) is 9.46 Å². The van der Waals surface area contributed by atoms with Crippen LogP contribution in [0.1, 0.15) is 20.8 Å². The second-order valence-electron chi connectivity index (χ2n) is 3.47. The lowest BCUT2D eigenvalue weighted by molar-refractivity contribution is -0.281. The van der Waals surface area contributed by atoms with Gasteiger partial charge in [0, 0.05) is 0 Å². The molecule has 0 aliphatic rings. The largest absolute Gasteiger partial charge is 0.351 e. The number of hydrogen-bond acceptors (Lipinski definition) is 2. The summed E-state index contributed by atoms with van der Waals surface area (Å²) < 4.78 is 5.03. The fourth-order valence-corrected chi connectivity index (χ4v) is 0.816. The first kappa shape index (κ1) is 11.2. The Morgan fingerprint density at radius 2 is 1.91 bits per heavy atom. The molecule has 0 saturated heterocycles. The summed E-state index contributed by atoms with van der Waals surface area (Å²) in [6.45, 7) is 11.1. The minimum absolute atomic E-state index is 0.313. The summed E-state index contributed by atoms with van der Waals surface area (Å²) in [6, 6.07) is 0. The zero-order valence-corrected chi connectivity index (χ0v) is 9.23. The molecule has 2 nitrogen and oxygen atoms in total. The Hall–Kier alpha value is 0.167. The highest BCUT2D eigenvalue weighted by atomic mass is 35.6. The molecule has 4 heteroatoms. The van der Waals surface area contributed by atoms with E-state index in [2.05, 4.69) is 6.58 Å². The predicted octanol–water partition coefficient (Wildman–Crippen LogP) is 2.77. The Balaban J connectivity index is 3.79. The lowest BCUT2D eigenvalue weighted by atomic mass is 10.2. The summed E-state index contributed by atoms with van der Waals surface area (Å²) in [4.78, 5) is 5.04. The third kappa shape index (κ3) is 6.56. The monoisotopic (exact) mass is 194 g/mol. The van der Waals surface area contributed by atoms with Gasteiger partial charge in [0.05, 0.1) is 5.60 Å². The van der Waals surface area contributed by atoms with Crippen LogP contribution in [0.4, 0.5) is 0 Å². The molecule has 0 rings (SSSR count). The van der Waals surface area contributed by atoms with Crippen molar-refractivity contribution in [1.29, 1.82) is 0 Å². The van der Waals surface area contributed by atoms with Gasteiger partial charge in [-0.1, -0.05) is 5.70 Å². The molecule has 11 heavy (non-hydrogen) atoms. The van der Waals surface area contributed by atoms with Crippen LogP contribution in [0, 0.1) is 0 Å². The lowest BCUT2D eigenvalue weighted by Crippen LogP contribution is -2.31. The van der Waals surface area contributed by atoms with E-state index in [9.17, 15) is 0 Å². The zero-order chi connectivity index (χ0) is 9.12. The van der Waals surface area contributed by atoms with Crippen LogP contribution in [0.5, 0.6) is 0 Å². The SMILES string of the molecule is C=C[Si](C)(Cl)OOC(C)(C)C. The molecule has 0 aromatic carbocycles. The summed E-state index contributed by atoms with van der Waals surface area (Å²) in [5.74, 6) is 0. The van der Waals surface area contributed by atoms with Gasteiger partial charge in [0.2, 0.25) is 0 Å². The summed E-state index contributed by atoms with van der Waals surface area (Å²) in [5, 5.41) is 0. The van der Waals surface area contributed by atoms with Crippen molar-refractivity contribution in [1.82, 2.24) is 0 Å². The molecule has 0 fully saturated rings. The molecule has 0 radical (unpaired) electrons. The van der Waals surface area contributed by atoms with Crippen LogP contribution < -0.4 is 0 Å². The fraction of sp³-hybridized carbons (Fsp3) is 0.714. The Morgan fingerprint density at radius 1 is 1.45 bits per heavy atom. The van der Waals surface area contributed by atoms with Gasteiger partial charge in [-0.05, 0) is 27.3 Å². The van der Waals surface area contributed by atoms with Crippen molar-refractivity contribution in [3.8, 4) is 0 Å². The molecule has 1 unspecified atom stereocenters. The van der Waals surface area contributed by atoms with Crippen molar-refractivity contribution in [2.24, 2.45) is 0 Å². The summed E-state index contributed by atoms with van der Waals surface area (Å²) >= 11 is 5.90. The van der Waals surface area contributed by atoms with E-state index in [1.807, 2.05) is 20.8 Å². The smallest absolute Gasteiger partial charge is 0.262 e. The van der Waals surface area contributed by atoms with E-state index >= 15 is 0 Å². The number of halogens is 1. The van der Waals surface area contributed by atoms with Crippen LogP contribution >= 0.6 is 11.1 Å². The molecule has 1 atom stereocenters. The van der Waals surface area contributed by atoms with Gasteiger partial charge in [0.15, 0.2) is 0 Å². The Morgan fingerprint density at radius 3 is 2.18 bits per heavy atom. The molecule has 0 aliphatic carbocycles. The van der Waals surface area contributed by atoms with E-state index in [1.54, 1.807) is 12.2 Å². The van der Waals surface area contributed by atoms with E-state index in [1.165, 1.54) is 0 Å². The molecule has 0 aromatic heterocycles. The Bertz CT molecular complexity index is 140.